The molecule has 2 unspecified atom stereocenters. The summed E-state index contributed by atoms with van der Waals surface area (Å²) in [4.78, 5) is 7.80. The molecule has 2 atom stereocenters. The van der Waals surface area contributed by atoms with Gasteiger partial charge in [-0.05, 0) is 30.7 Å². The number of halogens is 4. The van der Waals surface area contributed by atoms with Crippen molar-refractivity contribution in [2.75, 3.05) is 6.26 Å². The van der Waals surface area contributed by atoms with E-state index >= 15 is 0 Å². The van der Waals surface area contributed by atoms with Crippen LogP contribution in [0.5, 0.6) is 0 Å². The number of hydrogen-bond acceptors (Lipinski definition) is 5. The number of thiazole rings is 1. The molecule has 10 heteroatoms. The number of hydrogen-bond donors (Lipinski definition) is 0. The van der Waals surface area contributed by atoms with Crippen molar-refractivity contribution in [2.24, 2.45) is 4.36 Å². The van der Waals surface area contributed by atoms with E-state index in [1.807, 2.05) is 6.07 Å². The molecule has 0 bridgehead atoms. The third-order valence-corrected chi connectivity index (χ3v) is 7.28. The highest BCUT2D eigenvalue weighted by Crippen LogP contribution is 2.33. The Balaban J connectivity index is 1.88. The van der Waals surface area contributed by atoms with Crippen molar-refractivity contribution in [1.29, 1.82) is 0 Å². The number of nitrogens with zero attached hydrogens (tertiary/aromatic N) is 3. The summed E-state index contributed by atoms with van der Waals surface area (Å²) in [5, 5.41) is 2.06. The van der Waals surface area contributed by atoms with Crippen LogP contribution in [0.25, 0.3) is 11.3 Å². The van der Waals surface area contributed by atoms with Crippen LogP contribution in [0.2, 0.25) is 5.02 Å². The molecule has 0 saturated heterocycles. The topological polar surface area (TPSA) is 55.2 Å². The van der Waals surface area contributed by atoms with Crippen LogP contribution >= 0.6 is 22.9 Å². The summed E-state index contributed by atoms with van der Waals surface area (Å²) < 4.78 is 55.3. The van der Waals surface area contributed by atoms with Gasteiger partial charge in [0.25, 0.3) is 0 Å². The lowest BCUT2D eigenvalue weighted by molar-refractivity contribution is -0.141. The number of benzene rings is 1. The second-order valence-corrected chi connectivity index (χ2v) is 9.98. The van der Waals surface area contributed by atoms with Gasteiger partial charge in [0.05, 0.1) is 20.7 Å². The van der Waals surface area contributed by atoms with E-state index in [1.54, 1.807) is 30.5 Å². The van der Waals surface area contributed by atoms with E-state index in [4.69, 9.17) is 11.6 Å². The lowest BCUT2D eigenvalue weighted by Crippen LogP contribution is -2.11. The fourth-order valence-corrected chi connectivity index (χ4v) is 4.90. The fraction of sp³-hybridized carbons (Fsp3) is 0.222. The zero-order valence-electron chi connectivity index (χ0n) is 14.8. The summed E-state index contributed by atoms with van der Waals surface area (Å²) in [5.74, 6) is 0. The lowest BCUT2D eigenvalue weighted by atomic mass is 10.2. The first-order valence-electron chi connectivity index (χ1n) is 8.02. The Morgan fingerprint density at radius 2 is 2.00 bits per heavy atom. The van der Waals surface area contributed by atoms with Crippen LogP contribution < -0.4 is 0 Å². The molecule has 0 spiro atoms. The largest absolute Gasteiger partial charge is 0.433 e. The van der Waals surface area contributed by atoms with Crippen LogP contribution in [-0.2, 0) is 15.9 Å². The van der Waals surface area contributed by atoms with Gasteiger partial charge in [-0.25, -0.2) is 9.19 Å². The molecule has 1 aromatic carbocycles. The maximum atomic E-state index is 13.1. The summed E-state index contributed by atoms with van der Waals surface area (Å²) in [5.41, 5.74) is 0.892. The standard InChI is InChI=1S/C18H15ClF3N3OS2/c1-11(13-6-7-16(23-9-13)18(20,21)22)28(2,26)25-17-24-15(10-27-17)12-4-3-5-14(19)8-12/h3-11H,1-2H3. The van der Waals surface area contributed by atoms with E-state index in [0.29, 0.717) is 21.4 Å². The Morgan fingerprint density at radius 1 is 1.25 bits per heavy atom. The van der Waals surface area contributed by atoms with Crippen molar-refractivity contribution in [3.63, 3.8) is 0 Å². The zero-order valence-corrected chi connectivity index (χ0v) is 17.2. The Labute approximate surface area is 169 Å². The summed E-state index contributed by atoms with van der Waals surface area (Å²) in [6, 6.07) is 9.32. The van der Waals surface area contributed by atoms with Crippen LogP contribution in [0, 0.1) is 0 Å². The normalized spacial score (nSPS) is 15.1. The predicted octanol–water partition coefficient (Wildman–Crippen LogP) is 6.37. The number of rotatable bonds is 4. The van der Waals surface area contributed by atoms with Gasteiger partial charge in [0.2, 0.25) is 5.13 Å². The van der Waals surface area contributed by atoms with Gasteiger partial charge in [0.1, 0.15) is 5.69 Å². The molecule has 0 amide bonds. The van der Waals surface area contributed by atoms with Gasteiger partial charge in [0.15, 0.2) is 0 Å². The molecular weight excluding hydrogens is 431 g/mol. The molecule has 2 aromatic heterocycles. The Hall–Kier alpha value is -1.97. The molecule has 0 radical (unpaired) electrons. The highest BCUT2D eigenvalue weighted by atomic mass is 35.5. The Morgan fingerprint density at radius 3 is 2.61 bits per heavy atom. The molecule has 4 nitrogen and oxygen atoms in total. The summed E-state index contributed by atoms with van der Waals surface area (Å²) in [6.45, 7) is 1.64. The van der Waals surface area contributed by atoms with Gasteiger partial charge in [-0.15, -0.1) is 11.3 Å². The monoisotopic (exact) mass is 445 g/mol. The third kappa shape index (κ3) is 4.71. The van der Waals surface area contributed by atoms with Crippen LogP contribution in [0.15, 0.2) is 52.3 Å². The number of pyridine rings is 1. The van der Waals surface area contributed by atoms with Gasteiger partial charge >= 0.3 is 6.18 Å². The van der Waals surface area contributed by atoms with E-state index in [2.05, 4.69) is 14.3 Å². The molecule has 148 valence electrons. The third-order valence-electron chi connectivity index (χ3n) is 4.07. The first-order valence-corrected chi connectivity index (χ1v) is 11.3. The molecule has 2 heterocycles. The molecule has 0 N–H and O–H groups in total. The van der Waals surface area contributed by atoms with Crippen molar-refractivity contribution in [3.05, 3.63) is 64.3 Å². The average molecular weight is 446 g/mol. The van der Waals surface area contributed by atoms with Crippen LogP contribution in [0.4, 0.5) is 18.3 Å². The first-order chi connectivity index (χ1) is 13.1. The highest BCUT2D eigenvalue weighted by Gasteiger charge is 2.32. The average Bonchev–Trinajstić information content (AvgIpc) is 3.08. The highest BCUT2D eigenvalue weighted by molar-refractivity contribution is 7.93. The van der Waals surface area contributed by atoms with Crippen LogP contribution in [0.3, 0.4) is 0 Å². The molecule has 0 fully saturated rings. The maximum Gasteiger partial charge on any atom is 0.433 e. The number of aromatic nitrogens is 2. The summed E-state index contributed by atoms with van der Waals surface area (Å²) in [7, 11) is -2.82. The van der Waals surface area contributed by atoms with Gasteiger partial charge in [-0.2, -0.15) is 17.5 Å². The van der Waals surface area contributed by atoms with Crippen molar-refractivity contribution in [3.8, 4) is 11.3 Å². The predicted molar refractivity (Wildman–Crippen MR) is 106 cm³/mol. The van der Waals surface area contributed by atoms with Crippen molar-refractivity contribution < 1.29 is 17.4 Å². The molecule has 3 aromatic rings. The quantitative estimate of drug-likeness (QED) is 0.469. The van der Waals surface area contributed by atoms with E-state index in [0.717, 1.165) is 17.8 Å². The Kier molecular flexibility index (Phi) is 5.79. The molecule has 0 aliphatic carbocycles. The molecule has 3 rings (SSSR count). The lowest BCUT2D eigenvalue weighted by Gasteiger charge is -2.14. The van der Waals surface area contributed by atoms with Gasteiger partial charge < -0.3 is 0 Å². The van der Waals surface area contributed by atoms with E-state index < -0.39 is 26.8 Å². The van der Waals surface area contributed by atoms with Crippen LogP contribution in [0.1, 0.15) is 23.4 Å². The minimum Gasteiger partial charge on any atom is -0.251 e. The van der Waals surface area contributed by atoms with Crippen molar-refractivity contribution in [2.45, 2.75) is 18.3 Å². The molecule has 28 heavy (non-hydrogen) atoms. The van der Waals surface area contributed by atoms with E-state index in [-0.39, 0.29) is 0 Å². The Bertz CT molecular complexity index is 1100. The van der Waals surface area contributed by atoms with Crippen molar-refractivity contribution in [1.82, 2.24) is 9.97 Å². The zero-order chi connectivity index (χ0) is 20.5. The molecular formula is C18H15ClF3N3OS2. The SMILES string of the molecule is CC(c1ccc(C(F)(F)F)nc1)S(C)(=O)=Nc1nc(-c2cccc(Cl)c2)cs1. The second-order valence-electron chi connectivity index (χ2n) is 6.09. The van der Waals surface area contributed by atoms with E-state index in [9.17, 15) is 17.4 Å². The van der Waals surface area contributed by atoms with E-state index in [1.165, 1.54) is 23.7 Å². The molecule has 0 aliphatic rings. The van der Waals surface area contributed by atoms with Gasteiger partial charge in [0, 0.05) is 28.4 Å². The summed E-state index contributed by atoms with van der Waals surface area (Å²) in [6.07, 6.45) is -1.97. The smallest absolute Gasteiger partial charge is 0.251 e. The first kappa shape index (κ1) is 20.8. The van der Waals surface area contributed by atoms with Crippen molar-refractivity contribution >= 4 is 37.8 Å². The second kappa shape index (κ2) is 7.81. The van der Waals surface area contributed by atoms with Crippen LogP contribution in [-0.4, -0.2) is 20.4 Å². The number of alkyl halides is 3. The maximum absolute atomic E-state index is 13.1. The fourth-order valence-electron chi connectivity index (χ4n) is 2.39. The molecule has 0 aliphatic heterocycles. The minimum absolute atomic E-state index is 0.328. The summed E-state index contributed by atoms with van der Waals surface area (Å²) >= 11 is 7.22. The van der Waals surface area contributed by atoms with Gasteiger partial charge in [-0.3, -0.25) is 4.98 Å². The van der Waals surface area contributed by atoms with Gasteiger partial charge in [-0.1, -0.05) is 29.8 Å². The minimum atomic E-state index is -4.52. The molecule has 0 saturated carbocycles.